The van der Waals surface area contributed by atoms with E-state index in [0.717, 1.165) is 10.5 Å². The zero-order chi connectivity index (χ0) is 10.6. The second kappa shape index (κ2) is 4.68. The predicted molar refractivity (Wildman–Crippen MR) is 54.3 cm³/mol. The summed E-state index contributed by atoms with van der Waals surface area (Å²) in [5.41, 5.74) is 1.55. The van der Waals surface area contributed by atoms with Crippen molar-refractivity contribution in [1.82, 2.24) is 0 Å². The molecule has 0 atom stereocenters. The minimum Gasteiger partial charge on any atom is -0.481 e. The molecule has 72 valence electrons. The molecule has 0 aliphatic heterocycles. The van der Waals surface area contributed by atoms with Gasteiger partial charge in [-0.25, -0.2) is 0 Å². The summed E-state index contributed by atoms with van der Waals surface area (Å²) in [5, 5.41) is 17.3. The lowest BCUT2D eigenvalue weighted by atomic mass is 10.2. The van der Waals surface area contributed by atoms with Gasteiger partial charge in [0, 0.05) is 4.90 Å². The van der Waals surface area contributed by atoms with Gasteiger partial charge in [-0.15, -0.1) is 11.8 Å². The number of aliphatic carboxylic acids is 1. The van der Waals surface area contributed by atoms with E-state index in [1.54, 1.807) is 6.07 Å². The highest BCUT2D eigenvalue weighted by molar-refractivity contribution is 8.00. The Morgan fingerprint density at radius 2 is 2.36 bits per heavy atom. The van der Waals surface area contributed by atoms with Crippen LogP contribution >= 0.6 is 11.8 Å². The zero-order valence-corrected chi connectivity index (χ0v) is 8.47. The number of nitriles is 1. The molecule has 0 aliphatic rings. The first-order chi connectivity index (χ1) is 6.63. The van der Waals surface area contributed by atoms with Gasteiger partial charge < -0.3 is 5.11 Å². The van der Waals surface area contributed by atoms with Gasteiger partial charge in [-0.05, 0) is 24.6 Å². The predicted octanol–water partition coefficient (Wildman–Crippen LogP) is 2.04. The van der Waals surface area contributed by atoms with Gasteiger partial charge in [0.2, 0.25) is 0 Å². The standard InChI is InChI=1S/C10H9NO2S/c1-7-2-3-8(5-11)9(4-7)14-6-10(12)13/h2-4H,6H2,1H3,(H,12,13). The van der Waals surface area contributed by atoms with Gasteiger partial charge in [-0.2, -0.15) is 5.26 Å². The van der Waals surface area contributed by atoms with Crippen molar-refractivity contribution in [3.8, 4) is 6.07 Å². The van der Waals surface area contributed by atoms with Crippen molar-refractivity contribution in [2.45, 2.75) is 11.8 Å². The molecule has 1 rings (SSSR count). The molecule has 0 spiro atoms. The molecule has 14 heavy (non-hydrogen) atoms. The second-order valence-corrected chi connectivity index (χ2v) is 3.81. The summed E-state index contributed by atoms with van der Waals surface area (Å²) in [7, 11) is 0. The summed E-state index contributed by atoms with van der Waals surface area (Å²) < 4.78 is 0. The number of aryl methyl sites for hydroxylation is 1. The maximum Gasteiger partial charge on any atom is 0.313 e. The largest absolute Gasteiger partial charge is 0.481 e. The Hall–Kier alpha value is -1.47. The highest BCUT2D eigenvalue weighted by Crippen LogP contribution is 2.23. The first kappa shape index (κ1) is 10.6. The van der Waals surface area contributed by atoms with Crippen LogP contribution in [0.3, 0.4) is 0 Å². The monoisotopic (exact) mass is 207 g/mol. The molecule has 0 amide bonds. The fourth-order valence-electron chi connectivity index (χ4n) is 0.981. The number of carboxylic acids is 1. The molecule has 0 bridgehead atoms. The summed E-state index contributed by atoms with van der Waals surface area (Å²) in [5.74, 6) is -0.890. The Morgan fingerprint density at radius 3 is 2.93 bits per heavy atom. The highest BCUT2D eigenvalue weighted by Gasteiger charge is 2.05. The normalized spacial score (nSPS) is 9.43. The lowest BCUT2D eigenvalue weighted by Gasteiger charge is -2.02. The lowest BCUT2D eigenvalue weighted by molar-refractivity contribution is -0.133. The number of hydrogen-bond acceptors (Lipinski definition) is 3. The van der Waals surface area contributed by atoms with Crippen LogP contribution in [-0.4, -0.2) is 16.8 Å². The third-order valence-electron chi connectivity index (χ3n) is 1.61. The summed E-state index contributed by atoms with van der Waals surface area (Å²) >= 11 is 1.17. The van der Waals surface area contributed by atoms with Gasteiger partial charge >= 0.3 is 5.97 Å². The van der Waals surface area contributed by atoms with Crippen LogP contribution in [0.4, 0.5) is 0 Å². The topological polar surface area (TPSA) is 61.1 Å². The molecule has 0 saturated carbocycles. The van der Waals surface area contributed by atoms with E-state index in [9.17, 15) is 4.79 Å². The average Bonchev–Trinajstić information content (AvgIpc) is 2.15. The number of nitrogens with zero attached hydrogens (tertiary/aromatic N) is 1. The van der Waals surface area contributed by atoms with Crippen LogP contribution < -0.4 is 0 Å². The molecule has 3 nitrogen and oxygen atoms in total. The van der Waals surface area contributed by atoms with Gasteiger partial charge in [0.05, 0.1) is 11.3 Å². The van der Waals surface area contributed by atoms with Gasteiger partial charge in [0.25, 0.3) is 0 Å². The summed E-state index contributed by atoms with van der Waals surface area (Å²) in [6, 6.07) is 7.40. The molecule has 1 aromatic carbocycles. The molecule has 0 saturated heterocycles. The van der Waals surface area contributed by atoms with E-state index in [2.05, 4.69) is 0 Å². The maximum absolute atomic E-state index is 10.4. The Balaban J connectivity index is 2.89. The maximum atomic E-state index is 10.4. The van der Waals surface area contributed by atoms with Crippen LogP contribution in [-0.2, 0) is 4.79 Å². The number of carbonyl (C=O) groups is 1. The Morgan fingerprint density at radius 1 is 1.64 bits per heavy atom. The van der Waals surface area contributed by atoms with Crippen LogP contribution in [0.15, 0.2) is 23.1 Å². The van der Waals surface area contributed by atoms with E-state index in [0.29, 0.717) is 5.56 Å². The number of thioether (sulfide) groups is 1. The van der Waals surface area contributed by atoms with Crippen molar-refractivity contribution in [3.63, 3.8) is 0 Å². The Bertz CT molecular complexity index is 396. The van der Waals surface area contributed by atoms with Crippen molar-refractivity contribution in [2.75, 3.05) is 5.75 Å². The Kier molecular flexibility index (Phi) is 3.55. The molecular formula is C10H9NO2S. The number of carboxylic acid groups (broad SMARTS) is 1. The highest BCUT2D eigenvalue weighted by atomic mass is 32.2. The van der Waals surface area contributed by atoms with E-state index in [4.69, 9.17) is 10.4 Å². The van der Waals surface area contributed by atoms with Crippen molar-refractivity contribution >= 4 is 17.7 Å². The third kappa shape index (κ3) is 2.79. The smallest absolute Gasteiger partial charge is 0.313 e. The first-order valence-electron chi connectivity index (χ1n) is 3.99. The summed E-state index contributed by atoms with van der Waals surface area (Å²) in [6.07, 6.45) is 0. The molecule has 0 aliphatic carbocycles. The zero-order valence-electron chi connectivity index (χ0n) is 7.65. The molecule has 0 heterocycles. The van der Waals surface area contributed by atoms with Crippen molar-refractivity contribution in [1.29, 1.82) is 5.26 Å². The van der Waals surface area contributed by atoms with E-state index >= 15 is 0 Å². The fourth-order valence-corrected chi connectivity index (χ4v) is 1.80. The number of hydrogen-bond donors (Lipinski definition) is 1. The number of rotatable bonds is 3. The van der Waals surface area contributed by atoms with Gasteiger partial charge in [0.1, 0.15) is 6.07 Å². The molecule has 1 aromatic rings. The summed E-state index contributed by atoms with van der Waals surface area (Å²) in [6.45, 7) is 1.91. The quantitative estimate of drug-likeness (QED) is 0.770. The number of benzene rings is 1. The fraction of sp³-hybridized carbons (Fsp3) is 0.200. The van der Waals surface area contributed by atoms with Gasteiger partial charge in [-0.3, -0.25) is 4.79 Å². The SMILES string of the molecule is Cc1ccc(C#N)c(SCC(=O)O)c1. The van der Waals surface area contributed by atoms with E-state index in [-0.39, 0.29) is 5.75 Å². The van der Waals surface area contributed by atoms with E-state index in [1.807, 2.05) is 25.1 Å². The molecule has 0 unspecified atom stereocenters. The molecule has 0 fully saturated rings. The first-order valence-corrected chi connectivity index (χ1v) is 4.97. The third-order valence-corrected chi connectivity index (χ3v) is 2.65. The van der Waals surface area contributed by atoms with Crippen molar-refractivity contribution in [3.05, 3.63) is 29.3 Å². The van der Waals surface area contributed by atoms with Gasteiger partial charge in [-0.1, -0.05) is 6.07 Å². The molecule has 0 radical (unpaired) electrons. The lowest BCUT2D eigenvalue weighted by Crippen LogP contribution is -1.98. The van der Waals surface area contributed by atoms with Crippen molar-refractivity contribution < 1.29 is 9.90 Å². The van der Waals surface area contributed by atoms with Crippen LogP contribution in [0.1, 0.15) is 11.1 Å². The van der Waals surface area contributed by atoms with E-state index in [1.165, 1.54) is 11.8 Å². The van der Waals surface area contributed by atoms with Gasteiger partial charge in [0.15, 0.2) is 0 Å². The van der Waals surface area contributed by atoms with Crippen LogP contribution in [0, 0.1) is 18.3 Å². The average molecular weight is 207 g/mol. The van der Waals surface area contributed by atoms with Crippen LogP contribution in [0.5, 0.6) is 0 Å². The van der Waals surface area contributed by atoms with E-state index < -0.39 is 5.97 Å². The molecule has 4 heteroatoms. The molecular weight excluding hydrogens is 198 g/mol. The van der Waals surface area contributed by atoms with Crippen molar-refractivity contribution in [2.24, 2.45) is 0 Å². The van der Waals surface area contributed by atoms with Crippen LogP contribution in [0.25, 0.3) is 0 Å². The summed E-state index contributed by atoms with van der Waals surface area (Å²) in [4.78, 5) is 11.1. The molecule has 0 aromatic heterocycles. The minimum absolute atomic E-state index is 0.0157. The Labute approximate surface area is 86.4 Å². The minimum atomic E-state index is -0.875. The van der Waals surface area contributed by atoms with Crippen LogP contribution in [0.2, 0.25) is 0 Å². The second-order valence-electron chi connectivity index (χ2n) is 2.79. The molecule has 1 N–H and O–H groups in total.